The van der Waals surface area contributed by atoms with Gasteiger partial charge in [0, 0.05) is 16.6 Å². The predicted octanol–water partition coefficient (Wildman–Crippen LogP) is 6.93. The summed E-state index contributed by atoms with van der Waals surface area (Å²) in [4.78, 5) is 11.9. The molecule has 1 aliphatic rings. The van der Waals surface area contributed by atoms with Gasteiger partial charge in [-0.05, 0) is 75.8 Å². The number of alkyl halides is 9. The van der Waals surface area contributed by atoms with Crippen molar-refractivity contribution < 1.29 is 44.3 Å². The molecule has 2 rings (SSSR count). The van der Waals surface area contributed by atoms with Gasteiger partial charge in [-0.25, -0.2) is 4.39 Å². The predicted molar refractivity (Wildman–Crippen MR) is 106 cm³/mol. The van der Waals surface area contributed by atoms with Crippen LogP contribution in [0.3, 0.4) is 0 Å². The number of hydrogen-bond acceptors (Lipinski definition) is 1. The Morgan fingerprint density at radius 1 is 0.871 bits per heavy atom. The van der Waals surface area contributed by atoms with E-state index in [0.717, 1.165) is 27.1 Å². The fraction of sp³-hybridized carbons (Fsp3) is 0.500. The summed E-state index contributed by atoms with van der Waals surface area (Å²) in [7, 11) is 0. The fourth-order valence-corrected chi connectivity index (χ4v) is 3.92. The number of hydrogen-bond donors (Lipinski definition) is 1. The molecule has 0 heterocycles. The van der Waals surface area contributed by atoms with E-state index in [9.17, 15) is 44.3 Å². The lowest BCUT2D eigenvalue weighted by Gasteiger charge is -2.28. The van der Waals surface area contributed by atoms with E-state index in [1.165, 1.54) is 0 Å². The first-order valence-corrected chi connectivity index (χ1v) is 10.5. The molecule has 1 amide bonds. The van der Waals surface area contributed by atoms with Crippen LogP contribution in [0.15, 0.2) is 38.4 Å². The Morgan fingerprint density at radius 2 is 1.35 bits per heavy atom. The molecule has 1 aliphatic carbocycles. The minimum absolute atomic E-state index is 0.0510. The molecule has 1 saturated carbocycles. The first-order chi connectivity index (χ1) is 14.0. The number of carbonyl (C=O) groups excluding carboxylic acids is 1. The van der Waals surface area contributed by atoms with Crippen LogP contribution in [0.5, 0.6) is 0 Å². The largest absolute Gasteiger partial charge is 0.382 e. The van der Waals surface area contributed by atoms with Crippen LogP contribution in [0.25, 0.3) is 0 Å². The first kappa shape index (κ1) is 26.3. The van der Waals surface area contributed by atoms with E-state index in [1.54, 1.807) is 24.3 Å². The minimum Gasteiger partial charge on any atom is -0.352 e. The molecule has 0 radical (unpaired) electrons. The summed E-state index contributed by atoms with van der Waals surface area (Å²) >= 11 is 4.35. The number of allylic oxidation sites excluding steroid dienone is 2. The van der Waals surface area contributed by atoms with Gasteiger partial charge in [-0.15, -0.1) is 0 Å². The first-order valence-electron chi connectivity index (χ1n) is 8.64. The van der Waals surface area contributed by atoms with Crippen molar-refractivity contribution in [3.05, 3.63) is 44.0 Å². The average molecular weight is 638 g/mol. The van der Waals surface area contributed by atoms with E-state index in [0.29, 0.717) is 5.56 Å². The van der Waals surface area contributed by atoms with Crippen LogP contribution in [-0.4, -0.2) is 41.8 Å². The van der Waals surface area contributed by atoms with Crippen molar-refractivity contribution in [2.45, 2.75) is 48.6 Å². The van der Waals surface area contributed by atoms with Crippen LogP contribution in [-0.2, 0) is 0 Å². The lowest BCUT2D eigenvalue weighted by Crippen LogP contribution is -2.53. The molecular formula is C18H14BrF9INO. The van der Waals surface area contributed by atoms with E-state index in [4.69, 9.17) is 0 Å². The molecule has 0 bridgehead atoms. The summed E-state index contributed by atoms with van der Waals surface area (Å²) < 4.78 is 122. The number of unbranched alkanes of at least 4 members (excludes halogenated alkanes) is 1. The van der Waals surface area contributed by atoms with E-state index in [1.807, 2.05) is 0 Å². The Labute approximate surface area is 192 Å². The summed E-state index contributed by atoms with van der Waals surface area (Å²) in [5.74, 6) is -26.2. The summed E-state index contributed by atoms with van der Waals surface area (Å²) in [6.45, 7) is 0.0854. The number of rotatable bonds is 7. The highest BCUT2D eigenvalue weighted by molar-refractivity contribution is 14.1. The molecule has 0 saturated heterocycles. The maximum absolute atomic E-state index is 14.4. The second-order valence-electron chi connectivity index (χ2n) is 6.82. The Balaban J connectivity index is 1.99. The van der Waals surface area contributed by atoms with E-state index in [-0.39, 0.29) is 25.8 Å². The third-order valence-electron chi connectivity index (χ3n) is 4.69. The van der Waals surface area contributed by atoms with Gasteiger partial charge in [-0.2, -0.15) is 35.1 Å². The maximum Gasteiger partial charge on any atom is 0.382 e. The van der Waals surface area contributed by atoms with E-state index >= 15 is 0 Å². The molecule has 0 unspecified atom stereocenters. The normalized spacial score (nSPS) is 22.9. The standard InChI is InChI=1S/C18H14BrF9INO/c19-11-6-4-10(5-7-11)13(31)30-8-2-1-3-12(29)9-14(20)15(21,22)17(25,26)18(27,28)16(14,23)24/h4-7,9H,1-3,8H2,(H,30,31). The van der Waals surface area contributed by atoms with Crippen molar-refractivity contribution in [2.75, 3.05) is 6.54 Å². The van der Waals surface area contributed by atoms with Gasteiger partial charge in [0.2, 0.25) is 0 Å². The molecular weight excluding hydrogens is 624 g/mol. The molecule has 0 aliphatic heterocycles. The van der Waals surface area contributed by atoms with E-state index < -0.39 is 44.9 Å². The van der Waals surface area contributed by atoms with Crippen LogP contribution in [0.4, 0.5) is 39.5 Å². The van der Waals surface area contributed by atoms with Gasteiger partial charge in [0.1, 0.15) is 0 Å². The highest BCUT2D eigenvalue weighted by atomic mass is 127. The summed E-state index contributed by atoms with van der Waals surface area (Å²) in [5.41, 5.74) is -5.22. The van der Waals surface area contributed by atoms with Gasteiger partial charge in [0.05, 0.1) is 0 Å². The summed E-state index contributed by atoms with van der Waals surface area (Å²) in [5, 5.41) is 2.53. The molecule has 1 aromatic carbocycles. The molecule has 0 atom stereocenters. The van der Waals surface area contributed by atoms with Crippen molar-refractivity contribution in [3.63, 3.8) is 0 Å². The Bertz CT molecular complexity index is 832. The zero-order valence-corrected chi connectivity index (χ0v) is 19.0. The summed E-state index contributed by atoms with van der Waals surface area (Å²) in [6.07, 6.45) is -0.636. The van der Waals surface area contributed by atoms with Crippen LogP contribution < -0.4 is 5.32 Å². The van der Waals surface area contributed by atoms with Crippen LogP contribution in [0, 0.1) is 0 Å². The lowest BCUT2D eigenvalue weighted by atomic mass is 9.96. The Morgan fingerprint density at radius 3 is 1.84 bits per heavy atom. The van der Waals surface area contributed by atoms with Gasteiger partial charge in [0.25, 0.3) is 11.6 Å². The van der Waals surface area contributed by atoms with Gasteiger partial charge in [-0.1, -0.05) is 15.9 Å². The second kappa shape index (κ2) is 8.75. The molecule has 31 heavy (non-hydrogen) atoms. The molecule has 1 N–H and O–H groups in total. The van der Waals surface area contributed by atoms with Crippen molar-refractivity contribution in [2.24, 2.45) is 0 Å². The SMILES string of the molecule is O=C(NCCCCC(I)=CC1(F)C(F)(F)C(F)(F)C(F)(F)C1(F)F)c1ccc(Br)cc1. The van der Waals surface area contributed by atoms with E-state index in [2.05, 4.69) is 21.2 Å². The lowest BCUT2D eigenvalue weighted by molar-refractivity contribution is -0.303. The van der Waals surface area contributed by atoms with Crippen LogP contribution in [0.2, 0.25) is 0 Å². The van der Waals surface area contributed by atoms with Gasteiger partial charge in [-0.3, -0.25) is 4.79 Å². The number of benzene rings is 1. The molecule has 0 spiro atoms. The highest BCUT2D eigenvalue weighted by Crippen LogP contribution is 2.69. The van der Waals surface area contributed by atoms with Gasteiger partial charge < -0.3 is 5.32 Å². The molecule has 2 nitrogen and oxygen atoms in total. The third kappa shape index (κ3) is 4.20. The Kier molecular flexibility index (Phi) is 7.41. The summed E-state index contributed by atoms with van der Waals surface area (Å²) in [6, 6.07) is 6.35. The average Bonchev–Trinajstić information content (AvgIpc) is 2.71. The van der Waals surface area contributed by atoms with Crippen molar-refractivity contribution in [3.8, 4) is 0 Å². The van der Waals surface area contributed by atoms with Crippen molar-refractivity contribution in [1.29, 1.82) is 0 Å². The number of carbonyl (C=O) groups is 1. The zero-order chi connectivity index (χ0) is 23.9. The third-order valence-corrected chi connectivity index (χ3v) is 6.07. The number of amides is 1. The monoisotopic (exact) mass is 637 g/mol. The molecule has 174 valence electrons. The smallest absolute Gasteiger partial charge is 0.352 e. The fourth-order valence-electron chi connectivity index (χ4n) is 2.84. The highest BCUT2D eigenvalue weighted by Gasteiger charge is 3.00. The van der Waals surface area contributed by atoms with Crippen molar-refractivity contribution >= 4 is 44.4 Å². The Hall–Kier alpha value is -0.990. The molecule has 0 aromatic heterocycles. The quantitative estimate of drug-likeness (QED) is 0.196. The van der Waals surface area contributed by atoms with Crippen molar-refractivity contribution in [1.82, 2.24) is 5.32 Å². The number of halogens is 11. The second-order valence-corrected chi connectivity index (χ2v) is 9.12. The van der Waals surface area contributed by atoms with Gasteiger partial charge in [0.15, 0.2) is 0 Å². The zero-order valence-electron chi connectivity index (χ0n) is 15.3. The molecule has 1 aromatic rings. The van der Waals surface area contributed by atoms with Crippen LogP contribution >= 0.6 is 38.5 Å². The number of nitrogens with one attached hydrogen (secondary N) is 1. The van der Waals surface area contributed by atoms with Crippen LogP contribution in [0.1, 0.15) is 29.6 Å². The topological polar surface area (TPSA) is 29.1 Å². The van der Waals surface area contributed by atoms with Gasteiger partial charge >= 0.3 is 23.7 Å². The maximum atomic E-state index is 14.4. The molecule has 13 heteroatoms. The minimum atomic E-state index is -6.58. The molecule has 1 fully saturated rings.